The summed E-state index contributed by atoms with van der Waals surface area (Å²) in [5.74, 6) is 0.592. The van der Waals surface area contributed by atoms with E-state index in [1.54, 1.807) is 26.0 Å². The summed E-state index contributed by atoms with van der Waals surface area (Å²) >= 11 is 0. The Morgan fingerprint density at radius 2 is 2.00 bits per heavy atom. The van der Waals surface area contributed by atoms with Crippen molar-refractivity contribution in [2.75, 3.05) is 48.4 Å². The minimum absolute atomic E-state index is 0.00618. The number of nitrogens with zero attached hydrogens (tertiary/aromatic N) is 4. The number of nitrogens with one attached hydrogen (secondary N) is 2. The molecule has 0 spiro atoms. The lowest BCUT2D eigenvalue weighted by Crippen LogP contribution is -2.42. The van der Waals surface area contributed by atoms with Gasteiger partial charge in [0.05, 0.1) is 36.1 Å². The third-order valence-electron chi connectivity index (χ3n) is 5.94. The Kier molecular flexibility index (Phi) is 5.83. The SMILES string of the molecule is Cc1nc(N2CCOCC2=O)cc2c3nc(nc12)OCCNc1c(cccc1C(F)(F)F)[C@@H](C)N3. The zero-order valence-corrected chi connectivity index (χ0v) is 19.1. The van der Waals surface area contributed by atoms with Gasteiger partial charge in [-0.05, 0) is 31.5 Å². The Morgan fingerprint density at radius 1 is 1.17 bits per heavy atom. The van der Waals surface area contributed by atoms with Gasteiger partial charge in [-0.2, -0.15) is 23.1 Å². The third kappa shape index (κ3) is 4.41. The van der Waals surface area contributed by atoms with Crippen LogP contribution in [0.25, 0.3) is 10.9 Å². The van der Waals surface area contributed by atoms with Crippen LogP contribution in [-0.4, -0.2) is 53.8 Å². The summed E-state index contributed by atoms with van der Waals surface area (Å²) in [5.41, 5.74) is 0.759. The Bertz CT molecular complexity index is 1300. The maximum atomic E-state index is 13.7. The number of hydrogen-bond donors (Lipinski definition) is 2. The van der Waals surface area contributed by atoms with Crippen LogP contribution in [0.15, 0.2) is 24.3 Å². The molecule has 35 heavy (non-hydrogen) atoms. The van der Waals surface area contributed by atoms with Crippen LogP contribution in [0.2, 0.25) is 0 Å². The Labute approximate surface area is 198 Å². The van der Waals surface area contributed by atoms with E-state index in [9.17, 15) is 18.0 Å². The lowest BCUT2D eigenvalue weighted by atomic mass is 10.0. The summed E-state index contributed by atoms with van der Waals surface area (Å²) in [7, 11) is 0. The largest absolute Gasteiger partial charge is 0.462 e. The van der Waals surface area contributed by atoms with Gasteiger partial charge in [0, 0.05) is 11.9 Å². The minimum atomic E-state index is -4.52. The molecule has 9 nitrogen and oxygen atoms in total. The van der Waals surface area contributed by atoms with Crippen LogP contribution < -0.4 is 20.3 Å². The number of fused-ring (bicyclic) bond motifs is 5. The molecule has 2 aromatic heterocycles. The molecule has 3 aromatic rings. The quantitative estimate of drug-likeness (QED) is 0.535. The number of carbonyl (C=O) groups excluding carboxylic acids is 1. The summed E-state index contributed by atoms with van der Waals surface area (Å²) in [4.78, 5) is 27.5. The molecule has 0 aliphatic carbocycles. The molecular formula is C23H23F3N6O3. The summed E-state index contributed by atoms with van der Waals surface area (Å²) in [6.45, 7) is 4.42. The normalized spacial score (nSPS) is 18.7. The first-order valence-electron chi connectivity index (χ1n) is 11.1. The Morgan fingerprint density at radius 3 is 2.77 bits per heavy atom. The molecule has 1 aromatic carbocycles. The first-order chi connectivity index (χ1) is 16.7. The third-order valence-corrected chi connectivity index (χ3v) is 5.94. The van der Waals surface area contributed by atoms with Crippen molar-refractivity contribution in [3.63, 3.8) is 0 Å². The van der Waals surface area contributed by atoms with Crippen LogP contribution >= 0.6 is 0 Å². The van der Waals surface area contributed by atoms with E-state index in [1.165, 1.54) is 11.0 Å². The van der Waals surface area contributed by atoms with Crippen molar-refractivity contribution in [3.8, 4) is 6.01 Å². The highest BCUT2D eigenvalue weighted by molar-refractivity contribution is 5.98. The highest BCUT2D eigenvalue weighted by atomic mass is 19.4. The molecule has 4 heterocycles. The molecular weight excluding hydrogens is 465 g/mol. The van der Waals surface area contributed by atoms with Crippen molar-refractivity contribution in [1.82, 2.24) is 15.0 Å². The molecule has 1 atom stereocenters. The number of hydrogen-bond acceptors (Lipinski definition) is 8. The number of morpholine rings is 1. The molecule has 184 valence electrons. The van der Waals surface area contributed by atoms with Crippen LogP contribution in [-0.2, 0) is 15.7 Å². The van der Waals surface area contributed by atoms with Crippen molar-refractivity contribution >= 4 is 34.1 Å². The number of para-hydroxylation sites is 1. The number of carbonyl (C=O) groups is 1. The lowest BCUT2D eigenvalue weighted by Gasteiger charge is -2.26. The molecule has 0 saturated carbocycles. The van der Waals surface area contributed by atoms with E-state index >= 15 is 0 Å². The predicted octanol–water partition coefficient (Wildman–Crippen LogP) is 3.69. The van der Waals surface area contributed by atoms with Gasteiger partial charge in [0.25, 0.3) is 5.91 Å². The Balaban J connectivity index is 1.63. The van der Waals surface area contributed by atoms with Gasteiger partial charge in [0.1, 0.15) is 30.4 Å². The molecule has 1 saturated heterocycles. The number of rotatable bonds is 1. The first kappa shape index (κ1) is 23.1. The molecule has 12 heteroatoms. The van der Waals surface area contributed by atoms with Crippen LogP contribution in [0.1, 0.15) is 29.8 Å². The highest BCUT2D eigenvalue weighted by Gasteiger charge is 2.35. The minimum Gasteiger partial charge on any atom is -0.462 e. The van der Waals surface area contributed by atoms with E-state index in [2.05, 4.69) is 25.6 Å². The van der Waals surface area contributed by atoms with Crippen molar-refractivity contribution < 1.29 is 27.4 Å². The zero-order valence-electron chi connectivity index (χ0n) is 19.1. The van der Waals surface area contributed by atoms with E-state index in [4.69, 9.17) is 9.47 Å². The average molecular weight is 488 g/mol. The second-order valence-electron chi connectivity index (χ2n) is 8.32. The molecule has 2 N–H and O–H groups in total. The number of pyridine rings is 1. The molecule has 5 rings (SSSR count). The number of alkyl halides is 3. The fourth-order valence-corrected chi connectivity index (χ4v) is 4.29. The molecule has 1 fully saturated rings. The first-order valence-corrected chi connectivity index (χ1v) is 11.1. The molecule has 0 radical (unpaired) electrons. The molecule has 2 bridgehead atoms. The number of amides is 1. The van der Waals surface area contributed by atoms with Crippen molar-refractivity contribution in [2.24, 2.45) is 0 Å². The number of benzene rings is 1. The van der Waals surface area contributed by atoms with E-state index in [-0.39, 0.29) is 37.4 Å². The number of ether oxygens (including phenoxy) is 2. The van der Waals surface area contributed by atoms with E-state index in [1.807, 2.05) is 0 Å². The zero-order chi connectivity index (χ0) is 24.7. The number of aromatic nitrogens is 3. The van der Waals surface area contributed by atoms with Gasteiger partial charge >= 0.3 is 12.2 Å². The number of aryl methyl sites for hydroxylation is 1. The van der Waals surface area contributed by atoms with Gasteiger partial charge in [0.15, 0.2) is 0 Å². The van der Waals surface area contributed by atoms with Gasteiger partial charge < -0.3 is 20.1 Å². The topological polar surface area (TPSA) is 102 Å². The van der Waals surface area contributed by atoms with Crippen LogP contribution in [0.4, 0.5) is 30.5 Å². The van der Waals surface area contributed by atoms with Crippen molar-refractivity contribution in [3.05, 3.63) is 41.1 Å². The smallest absolute Gasteiger partial charge is 0.418 e. The van der Waals surface area contributed by atoms with Crippen LogP contribution in [0.3, 0.4) is 0 Å². The summed E-state index contributed by atoms with van der Waals surface area (Å²) in [6, 6.07) is 5.31. The standard InChI is InChI=1S/C23H23F3N6O3/c1-12-14-4-3-5-16(23(24,25)26)20(14)27-6-8-35-22-30-19-13(2)28-17(10-15(19)21(29-12)31-22)32-7-9-34-11-18(32)33/h3-5,10,12,27H,6-9,11H2,1-2H3,(H,29,30,31)/t12-/m1/s1. The maximum Gasteiger partial charge on any atom is 0.418 e. The molecule has 0 unspecified atom stereocenters. The fourth-order valence-electron chi connectivity index (χ4n) is 4.29. The van der Waals surface area contributed by atoms with Gasteiger partial charge in [-0.1, -0.05) is 12.1 Å². The summed E-state index contributed by atoms with van der Waals surface area (Å²) in [5, 5.41) is 6.68. The van der Waals surface area contributed by atoms with Gasteiger partial charge in [-0.3, -0.25) is 9.69 Å². The summed E-state index contributed by atoms with van der Waals surface area (Å²) in [6.07, 6.45) is -4.52. The van der Waals surface area contributed by atoms with Crippen LogP contribution in [0.5, 0.6) is 6.01 Å². The average Bonchev–Trinajstić information content (AvgIpc) is 2.83. The second-order valence-corrected chi connectivity index (χ2v) is 8.32. The fraction of sp³-hybridized carbons (Fsp3) is 0.391. The monoisotopic (exact) mass is 488 g/mol. The molecule has 2 aliphatic heterocycles. The molecule has 2 aliphatic rings. The van der Waals surface area contributed by atoms with Crippen LogP contribution in [0, 0.1) is 6.92 Å². The van der Waals surface area contributed by atoms with E-state index in [0.29, 0.717) is 46.9 Å². The predicted molar refractivity (Wildman–Crippen MR) is 123 cm³/mol. The molecule has 1 amide bonds. The Hall–Kier alpha value is -3.67. The van der Waals surface area contributed by atoms with Gasteiger partial charge in [0.2, 0.25) is 0 Å². The number of anilines is 3. The number of halogens is 3. The highest BCUT2D eigenvalue weighted by Crippen LogP contribution is 2.40. The van der Waals surface area contributed by atoms with Crippen molar-refractivity contribution in [2.45, 2.75) is 26.1 Å². The van der Waals surface area contributed by atoms with Gasteiger partial charge in [-0.25, -0.2) is 4.98 Å². The maximum absolute atomic E-state index is 13.7. The van der Waals surface area contributed by atoms with E-state index < -0.39 is 17.8 Å². The summed E-state index contributed by atoms with van der Waals surface area (Å²) < 4.78 is 52.1. The van der Waals surface area contributed by atoms with Crippen molar-refractivity contribution in [1.29, 1.82) is 0 Å². The lowest BCUT2D eigenvalue weighted by molar-refractivity contribution is -0.137. The van der Waals surface area contributed by atoms with Gasteiger partial charge in [-0.15, -0.1) is 0 Å². The van der Waals surface area contributed by atoms with E-state index in [0.717, 1.165) is 6.07 Å². The second kappa shape index (κ2) is 8.84.